The zero-order chi connectivity index (χ0) is 12.3. The first-order valence-corrected chi connectivity index (χ1v) is 6.53. The van der Waals surface area contributed by atoms with Crippen LogP contribution in [0.3, 0.4) is 0 Å². The average molecular weight is 237 g/mol. The van der Waals surface area contributed by atoms with Crippen LogP contribution in [0, 0.1) is 12.3 Å². The highest BCUT2D eigenvalue weighted by Gasteiger charge is 2.34. The van der Waals surface area contributed by atoms with E-state index in [0.29, 0.717) is 0 Å². The highest BCUT2D eigenvalue weighted by Crippen LogP contribution is 2.35. The van der Waals surface area contributed by atoms with Gasteiger partial charge in [0.2, 0.25) is 0 Å². The Hall–Kier alpha value is -0.800. The summed E-state index contributed by atoms with van der Waals surface area (Å²) in [5.41, 5.74) is 1.21. The SMILES string of the molecule is Cc1ccoc1CNCC1(C)CCCCC1O. The predicted octanol–water partition coefficient (Wildman–Crippen LogP) is 2.62. The van der Waals surface area contributed by atoms with E-state index in [2.05, 4.69) is 19.2 Å². The molecule has 2 rings (SSSR count). The molecule has 0 bridgehead atoms. The first kappa shape index (κ1) is 12.7. The molecule has 1 saturated carbocycles. The molecule has 0 radical (unpaired) electrons. The molecule has 0 saturated heterocycles. The van der Waals surface area contributed by atoms with Crippen LogP contribution in [-0.4, -0.2) is 17.8 Å². The molecule has 17 heavy (non-hydrogen) atoms. The summed E-state index contributed by atoms with van der Waals surface area (Å²) in [6, 6.07) is 1.98. The molecule has 1 aliphatic rings. The molecule has 0 aromatic carbocycles. The van der Waals surface area contributed by atoms with Gasteiger partial charge in [-0.15, -0.1) is 0 Å². The van der Waals surface area contributed by atoms with Crippen LogP contribution < -0.4 is 5.32 Å². The Bertz CT molecular complexity index is 361. The van der Waals surface area contributed by atoms with Gasteiger partial charge in [0.1, 0.15) is 5.76 Å². The zero-order valence-electron chi connectivity index (χ0n) is 10.8. The minimum absolute atomic E-state index is 0.0265. The molecule has 1 aliphatic carbocycles. The zero-order valence-corrected chi connectivity index (χ0v) is 10.8. The molecule has 2 N–H and O–H groups in total. The van der Waals surface area contributed by atoms with Gasteiger partial charge < -0.3 is 14.8 Å². The predicted molar refractivity (Wildman–Crippen MR) is 67.7 cm³/mol. The van der Waals surface area contributed by atoms with Gasteiger partial charge in [-0.1, -0.05) is 19.8 Å². The maximum atomic E-state index is 10.1. The molecule has 3 heteroatoms. The van der Waals surface area contributed by atoms with Gasteiger partial charge in [0.05, 0.1) is 18.9 Å². The third kappa shape index (κ3) is 2.90. The Balaban J connectivity index is 1.83. The maximum Gasteiger partial charge on any atom is 0.120 e. The molecule has 2 unspecified atom stereocenters. The lowest BCUT2D eigenvalue weighted by Crippen LogP contribution is -2.43. The molecule has 1 aromatic rings. The van der Waals surface area contributed by atoms with Crippen molar-refractivity contribution in [3.05, 3.63) is 23.7 Å². The van der Waals surface area contributed by atoms with Crippen molar-refractivity contribution in [1.82, 2.24) is 5.32 Å². The summed E-state index contributed by atoms with van der Waals surface area (Å²) in [4.78, 5) is 0. The van der Waals surface area contributed by atoms with Crippen molar-refractivity contribution in [3.8, 4) is 0 Å². The van der Waals surface area contributed by atoms with Crippen molar-refractivity contribution in [1.29, 1.82) is 0 Å². The van der Waals surface area contributed by atoms with Gasteiger partial charge in [0.15, 0.2) is 0 Å². The average Bonchev–Trinajstić information content (AvgIpc) is 2.69. The third-order valence-electron chi connectivity index (χ3n) is 4.06. The quantitative estimate of drug-likeness (QED) is 0.846. The van der Waals surface area contributed by atoms with Crippen LogP contribution in [-0.2, 0) is 6.54 Å². The summed E-state index contributed by atoms with van der Waals surface area (Å²) >= 11 is 0. The van der Waals surface area contributed by atoms with Crippen molar-refractivity contribution in [2.45, 2.75) is 52.2 Å². The molecule has 1 heterocycles. The molecule has 3 nitrogen and oxygen atoms in total. The van der Waals surface area contributed by atoms with Gasteiger partial charge in [-0.25, -0.2) is 0 Å². The Labute approximate surface area is 103 Å². The van der Waals surface area contributed by atoms with Gasteiger partial charge in [0, 0.05) is 12.0 Å². The molecule has 2 atom stereocenters. The number of rotatable bonds is 4. The standard InChI is InChI=1S/C14H23NO2/c1-11-6-8-17-12(11)9-15-10-14(2)7-4-3-5-13(14)16/h6,8,13,15-16H,3-5,7,9-10H2,1-2H3. The van der Waals surface area contributed by atoms with Gasteiger partial charge in [-0.3, -0.25) is 0 Å². The van der Waals surface area contributed by atoms with Crippen LogP contribution in [0.15, 0.2) is 16.7 Å². The molecule has 0 amide bonds. The monoisotopic (exact) mass is 237 g/mol. The lowest BCUT2D eigenvalue weighted by atomic mass is 9.73. The largest absolute Gasteiger partial charge is 0.468 e. The molecule has 96 valence electrons. The first-order valence-electron chi connectivity index (χ1n) is 6.53. The topological polar surface area (TPSA) is 45.4 Å². The van der Waals surface area contributed by atoms with Gasteiger partial charge in [-0.2, -0.15) is 0 Å². The van der Waals surface area contributed by atoms with E-state index in [1.165, 1.54) is 12.0 Å². The van der Waals surface area contributed by atoms with Crippen LogP contribution in [0.5, 0.6) is 0 Å². The summed E-state index contributed by atoms with van der Waals surface area (Å²) in [6.07, 6.45) is 6.00. The minimum Gasteiger partial charge on any atom is -0.468 e. The molecular weight excluding hydrogens is 214 g/mol. The second kappa shape index (κ2) is 5.23. The van der Waals surface area contributed by atoms with E-state index < -0.39 is 0 Å². The first-order chi connectivity index (χ1) is 8.12. The number of hydrogen-bond donors (Lipinski definition) is 2. The summed E-state index contributed by atoms with van der Waals surface area (Å²) < 4.78 is 5.39. The molecular formula is C14H23NO2. The summed E-state index contributed by atoms with van der Waals surface area (Å²) in [5.74, 6) is 0.999. The van der Waals surface area contributed by atoms with E-state index >= 15 is 0 Å². The lowest BCUT2D eigenvalue weighted by molar-refractivity contribution is 0.000920. The number of hydrogen-bond acceptors (Lipinski definition) is 3. The Morgan fingerprint density at radius 3 is 3.00 bits per heavy atom. The van der Waals surface area contributed by atoms with Crippen molar-refractivity contribution >= 4 is 0 Å². The van der Waals surface area contributed by atoms with E-state index in [1.54, 1.807) is 6.26 Å². The third-order valence-corrected chi connectivity index (χ3v) is 4.06. The fourth-order valence-electron chi connectivity index (χ4n) is 2.63. The number of aryl methyl sites for hydroxylation is 1. The lowest BCUT2D eigenvalue weighted by Gasteiger charge is -2.38. The molecule has 1 fully saturated rings. The number of aliphatic hydroxyl groups excluding tert-OH is 1. The van der Waals surface area contributed by atoms with Crippen molar-refractivity contribution in [2.75, 3.05) is 6.54 Å². The van der Waals surface area contributed by atoms with Crippen LogP contribution in [0.25, 0.3) is 0 Å². The normalized spacial score (nSPS) is 29.5. The van der Waals surface area contributed by atoms with Crippen molar-refractivity contribution < 1.29 is 9.52 Å². The second-order valence-electron chi connectivity index (χ2n) is 5.55. The highest BCUT2D eigenvalue weighted by atomic mass is 16.3. The van der Waals surface area contributed by atoms with E-state index in [1.807, 2.05) is 6.07 Å². The fraction of sp³-hybridized carbons (Fsp3) is 0.714. The second-order valence-corrected chi connectivity index (χ2v) is 5.55. The summed E-state index contributed by atoms with van der Waals surface area (Å²) in [5, 5.41) is 13.5. The maximum absolute atomic E-state index is 10.1. The summed E-state index contributed by atoms with van der Waals surface area (Å²) in [6.45, 7) is 5.84. The molecule has 0 aliphatic heterocycles. The summed E-state index contributed by atoms with van der Waals surface area (Å²) in [7, 11) is 0. The van der Waals surface area contributed by atoms with Crippen molar-refractivity contribution in [3.63, 3.8) is 0 Å². The number of aliphatic hydroxyl groups is 1. The minimum atomic E-state index is -0.165. The number of furan rings is 1. The smallest absolute Gasteiger partial charge is 0.120 e. The van der Waals surface area contributed by atoms with E-state index in [4.69, 9.17) is 4.42 Å². The van der Waals surface area contributed by atoms with Crippen LogP contribution in [0.2, 0.25) is 0 Å². The van der Waals surface area contributed by atoms with E-state index in [-0.39, 0.29) is 11.5 Å². The van der Waals surface area contributed by atoms with Gasteiger partial charge in [0.25, 0.3) is 0 Å². The van der Waals surface area contributed by atoms with Crippen molar-refractivity contribution in [2.24, 2.45) is 5.41 Å². The van der Waals surface area contributed by atoms with Gasteiger partial charge >= 0.3 is 0 Å². The van der Waals surface area contributed by atoms with Gasteiger partial charge in [-0.05, 0) is 31.4 Å². The van der Waals surface area contributed by atoms with E-state index in [9.17, 15) is 5.11 Å². The Kier molecular flexibility index (Phi) is 3.89. The molecule has 1 aromatic heterocycles. The fourth-order valence-corrected chi connectivity index (χ4v) is 2.63. The Morgan fingerprint density at radius 1 is 1.53 bits per heavy atom. The molecule has 0 spiro atoms. The van der Waals surface area contributed by atoms with Crippen LogP contribution in [0.1, 0.15) is 43.9 Å². The van der Waals surface area contributed by atoms with Crippen LogP contribution in [0.4, 0.5) is 0 Å². The number of nitrogens with one attached hydrogen (secondary N) is 1. The Morgan fingerprint density at radius 2 is 2.35 bits per heavy atom. The van der Waals surface area contributed by atoms with E-state index in [0.717, 1.165) is 38.1 Å². The highest BCUT2D eigenvalue weighted by molar-refractivity contribution is 5.14. The van der Waals surface area contributed by atoms with Crippen LogP contribution >= 0.6 is 0 Å².